The lowest BCUT2D eigenvalue weighted by Crippen LogP contribution is -2.03. The quantitative estimate of drug-likeness (QED) is 0.813. The Morgan fingerprint density at radius 2 is 1.16 bits per heavy atom. The van der Waals surface area contributed by atoms with Crippen LogP contribution in [-0.2, 0) is 4.74 Å². The Hall–Kier alpha value is -2.66. The second-order valence-corrected chi connectivity index (χ2v) is 6.12. The summed E-state index contributed by atoms with van der Waals surface area (Å²) in [4.78, 5) is 0. The van der Waals surface area contributed by atoms with Crippen LogP contribution in [0.1, 0.15) is 37.2 Å². The molecule has 0 saturated heterocycles. The van der Waals surface area contributed by atoms with E-state index in [-0.39, 0.29) is 23.7 Å². The third-order valence-corrected chi connectivity index (χ3v) is 4.69. The number of rotatable bonds is 4. The fourth-order valence-corrected chi connectivity index (χ4v) is 3.15. The highest BCUT2D eigenvalue weighted by atomic mass is 16.5. The zero-order chi connectivity index (χ0) is 18.1. The summed E-state index contributed by atoms with van der Waals surface area (Å²) >= 11 is 0. The molecule has 1 aliphatic rings. The van der Waals surface area contributed by atoms with Crippen molar-refractivity contribution in [3.8, 4) is 23.0 Å². The van der Waals surface area contributed by atoms with Crippen LogP contribution in [0, 0.1) is 0 Å². The van der Waals surface area contributed by atoms with Crippen LogP contribution in [-0.4, -0.2) is 24.4 Å². The van der Waals surface area contributed by atoms with Crippen LogP contribution < -0.4 is 9.47 Å². The van der Waals surface area contributed by atoms with Crippen molar-refractivity contribution in [2.24, 2.45) is 0 Å². The Labute approximate surface area is 147 Å². The Morgan fingerprint density at radius 3 is 1.48 bits per heavy atom. The first-order valence-electron chi connectivity index (χ1n) is 8.02. The predicted molar refractivity (Wildman–Crippen MR) is 94.3 cm³/mol. The molecule has 0 bridgehead atoms. The highest BCUT2D eigenvalue weighted by Crippen LogP contribution is 2.47. The molecule has 0 unspecified atom stereocenters. The molecule has 0 aliphatic carbocycles. The highest BCUT2D eigenvalue weighted by molar-refractivity contribution is 5.48. The van der Waals surface area contributed by atoms with Crippen molar-refractivity contribution in [2.75, 3.05) is 14.2 Å². The molecule has 0 radical (unpaired) electrons. The maximum Gasteiger partial charge on any atom is 0.160 e. The molecule has 2 aromatic carbocycles. The van der Waals surface area contributed by atoms with Gasteiger partial charge in [0.2, 0.25) is 0 Å². The van der Waals surface area contributed by atoms with E-state index >= 15 is 0 Å². The molecule has 1 aliphatic heterocycles. The summed E-state index contributed by atoms with van der Waals surface area (Å²) in [7, 11) is 3.03. The molecule has 132 valence electrons. The number of hydrogen-bond donors (Lipinski definition) is 2. The Bertz CT molecular complexity index is 757. The molecule has 1 heterocycles. The molecule has 5 nitrogen and oxygen atoms in total. The molecular formula is C20H22O5. The second kappa shape index (κ2) is 6.69. The topological polar surface area (TPSA) is 68.2 Å². The van der Waals surface area contributed by atoms with Gasteiger partial charge in [0, 0.05) is 0 Å². The van der Waals surface area contributed by atoms with Crippen molar-refractivity contribution in [1.82, 2.24) is 0 Å². The van der Waals surface area contributed by atoms with Crippen LogP contribution in [0.3, 0.4) is 0 Å². The van der Waals surface area contributed by atoms with Gasteiger partial charge in [0.15, 0.2) is 23.0 Å². The molecule has 0 fully saturated rings. The van der Waals surface area contributed by atoms with Gasteiger partial charge in [-0.25, -0.2) is 0 Å². The molecule has 0 saturated carbocycles. The van der Waals surface area contributed by atoms with Gasteiger partial charge in [-0.1, -0.05) is 12.1 Å². The number of ether oxygens (including phenoxy) is 3. The third-order valence-electron chi connectivity index (χ3n) is 4.69. The van der Waals surface area contributed by atoms with E-state index in [2.05, 4.69) is 0 Å². The van der Waals surface area contributed by atoms with E-state index in [9.17, 15) is 10.2 Å². The maximum atomic E-state index is 10.0. The zero-order valence-electron chi connectivity index (χ0n) is 14.7. The first-order valence-corrected chi connectivity index (χ1v) is 8.02. The van der Waals surface area contributed by atoms with Gasteiger partial charge in [0.25, 0.3) is 0 Å². The Morgan fingerprint density at radius 1 is 0.760 bits per heavy atom. The lowest BCUT2D eigenvalue weighted by Gasteiger charge is -2.18. The van der Waals surface area contributed by atoms with E-state index in [1.54, 1.807) is 24.3 Å². The normalized spacial score (nSPS) is 20.0. The first-order chi connectivity index (χ1) is 12.0. The van der Waals surface area contributed by atoms with Gasteiger partial charge in [-0.05, 0) is 60.4 Å². The van der Waals surface area contributed by atoms with Gasteiger partial charge >= 0.3 is 0 Å². The number of hydrogen-bond acceptors (Lipinski definition) is 5. The second-order valence-electron chi connectivity index (χ2n) is 6.12. The van der Waals surface area contributed by atoms with Gasteiger partial charge in [0.05, 0.1) is 14.2 Å². The summed E-state index contributed by atoms with van der Waals surface area (Å²) in [5.74, 6) is 1.02. The molecule has 3 rings (SSSR count). The van der Waals surface area contributed by atoms with Crippen molar-refractivity contribution in [3.05, 3.63) is 58.7 Å². The van der Waals surface area contributed by atoms with E-state index in [0.29, 0.717) is 11.5 Å². The molecule has 0 amide bonds. The van der Waals surface area contributed by atoms with E-state index in [4.69, 9.17) is 14.2 Å². The molecule has 2 atom stereocenters. The van der Waals surface area contributed by atoms with Gasteiger partial charge in [-0.2, -0.15) is 0 Å². The smallest absolute Gasteiger partial charge is 0.160 e. The summed E-state index contributed by atoms with van der Waals surface area (Å²) < 4.78 is 16.4. The fourth-order valence-electron chi connectivity index (χ4n) is 3.15. The van der Waals surface area contributed by atoms with E-state index < -0.39 is 0 Å². The van der Waals surface area contributed by atoms with Gasteiger partial charge in [-0.15, -0.1) is 0 Å². The third kappa shape index (κ3) is 3.03. The number of phenols is 2. The van der Waals surface area contributed by atoms with Gasteiger partial charge in [0.1, 0.15) is 12.2 Å². The molecule has 2 N–H and O–H groups in total. The monoisotopic (exact) mass is 342 g/mol. The van der Waals surface area contributed by atoms with Crippen LogP contribution in [0.25, 0.3) is 0 Å². The maximum absolute atomic E-state index is 10.0. The minimum atomic E-state index is -0.258. The van der Waals surface area contributed by atoms with Crippen molar-refractivity contribution < 1.29 is 24.4 Å². The standard InChI is InChI=1S/C20H22O5/c1-11-12(2)20(14-6-8-18(24-4)16(22)10-14)25-19(11)13-5-7-17(23-3)15(21)9-13/h5-10,19-22H,1-4H3/t19-,20-/m0/s1. The molecule has 0 aromatic heterocycles. The first kappa shape index (κ1) is 17.2. The summed E-state index contributed by atoms with van der Waals surface area (Å²) in [5.41, 5.74) is 3.89. The van der Waals surface area contributed by atoms with E-state index in [1.807, 2.05) is 26.0 Å². The number of benzene rings is 2. The van der Waals surface area contributed by atoms with Crippen LogP contribution in [0.5, 0.6) is 23.0 Å². The van der Waals surface area contributed by atoms with Crippen molar-refractivity contribution in [3.63, 3.8) is 0 Å². The van der Waals surface area contributed by atoms with Gasteiger partial charge < -0.3 is 24.4 Å². The van der Waals surface area contributed by atoms with Gasteiger partial charge in [-0.3, -0.25) is 0 Å². The summed E-state index contributed by atoms with van der Waals surface area (Å²) in [6.07, 6.45) is -0.517. The molecular weight excluding hydrogens is 320 g/mol. The van der Waals surface area contributed by atoms with E-state index in [0.717, 1.165) is 22.3 Å². The Kier molecular flexibility index (Phi) is 4.59. The average molecular weight is 342 g/mol. The fraction of sp³-hybridized carbons (Fsp3) is 0.300. The SMILES string of the molecule is COc1ccc([C@H]2O[C@H](c3ccc(OC)c(O)c3)C(C)=C2C)cc1O. The lowest BCUT2D eigenvalue weighted by molar-refractivity contribution is 0.0515. The highest BCUT2D eigenvalue weighted by Gasteiger charge is 2.32. The lowest BCUT2D eigenvalue weighted by atomic mass is 9.97. The van der Waals surface area contributed by atoms with E-state index in [1.165, 1.54) is 14.2 Å². The van der Waals surface area contributed by atoms with Crippen LogP contribution >= 0.6 is 0 Å². The Balaban J connectivity index is 1.92. The minimum Gasteiger partial charge on any atom is -0.504 e. The predicted octanol–water partition coefficient (Wildman–Crippen LogP) is 4.26. The molecule has 2 aromatic rings. The number of methoxy groups -OCH3 is 2. The molecule has 5 heteroatoms. The largest absolute Gasteiger partial charge is 0.504 e. The van der Waals surface area contributed by atoms with Crippen molar-refractivity contribution in [2.45, 2.75) is 26.1 Å². The molecule has 25 heavy (non-hydrogen) atoms. The molecule has 0 spiro atoms. The zero-order valence-corrected chi connectivity index (χ0v) is 14.7. The van der Waals surface area contributed by atoms with Crippen molar-refractivity contribution >= 4 is 0 Å². The number of aromatic hydroxyl groups is 2. The van der Waals surface area contributed by atoms with Crippen LogP contribution in [0.15, 0.2) is 47.5 Å². The van der Waals surface area contributed by atoms with Crippen LogP contribution in [0.2, 0.25) is 0 Å². The number of phenolic OH excluding ortho intramolecular Hbond substituents is 2. The van der Waals surface area contributed by atoms with Crippen LogP contribution in [0.4, 0.5) is 0 Å². The average Bonchev–Trinajstić information content (AvgIpc) is 2.90. The minimum absolute atomic E-state index is 0.0830. The summed E-state index contributed by atoms with van der Waals surface area (Å²) in [5, 5.41) is 20.1. The summed E-state index contributed by atoms with van der Waals surface area (Å²) in [6, 6.07) is 10.5. The summed E-state index contributed by atoms with van der Waals surface area (Å²) in [6.45, 7) is 4.04. The van der Waals surface area contributed by atoms with Crippen molar-refractivity contribution in [1.29, 1.82) is 0 Å².